The lowest BCUT2D eigenvalue weighted by molar-refractivity contribution is 0.117. The van der Waals surface area contributed by atoms with Crippen LogP contribution in [0.5, 0.6) is 0 Å². The number of H-pyrrole nitrogens is 1. The fourth-order valence-corrected chi connectivity index (χ4v) is 3.76. The molecule has 0 bridgehead atoms. The summed E-state index contributed by atoms with van der Waals surface area (Å²) in [5.41, 5.74) is 6.28. The van der Waals surface area contributed by atoms with Gasteiger partial charge in [-0.3, -0.25) is 14.3 Å². The third kappa shape index (κ3) is 5.04. The van der Waals surface area contributed by atoms with Gasteiger partial charge in [-0.15, -0.1) is 0 Å². The number of thiocarbonyl (C=S) groups is 1. The maximum absolute atomic E-state index is 12.8. The topological polar surface area (TPSA) is 105 Å². The molecule has 0 spiro atoms. The number of anilines is 2. The summed E-state index contributed by atoms with van der Waals surface area (Å²) in [6.07, 6.45) is 1.78. The van der Waals surface area contributed by atoms with Crippen LogP contribution in [-0.4, -0.2) is 40.0 Å². The second-order valence-corrected chi connectivity index (χ2v) is 7.80. The summed E-state index contributed by atoms with van der Waals surface area (Å²) in [6, 6.07) is 9.53. The van der Waals surface area contributed by atoms with E-state index in [1.165, 1.54) is 4.57 Å². The van der Waals surface area contributed by atoms with Crippen molar-refractivity contribution in [2.45, 2.75) is 45.4 Å². The second-order valence-electron chi connectivity index (χ2n) is 7.41. The number of aromatic amines is 1. The summed E-state index contributed by atoms with van der Waals surface area (Å²) in [7, 11) is 0. The predicted octanol–water partition coefficient (Wildman–Crippen LogP) is 1.44. The molecule has 0 saturated carbocycles. The number of nitrogens with one attached hydrogen (secondary N) is 2. The molecule has 2 heterocycles. The number of aromatic nitrogens is 2. The van der Waals surface area contributed by atoms with Crippen molar-refractivity contribution in [2.75, 3.05) is 23.8 Å². The van der Waals surface area contributed by atoms with Gasteiger partial charge in [-0.2, -0.15) is 0 Å². The minimum atomic E-state index is -0.567. The Morgan fingerprint density at radius 1 is 1.38 bits per heavy atom. The number of benzene rings is 1. The summed E-state index contributed by atoms with van der Waals surface area (Å²) in [6.45, 7) is 5.23. The normalized spacial score (nSPS) is 16.2. The molecule has 29 heavy (non-hydrogen) atoms. The van der Waals surface area contributed by atoms with Crippen LogP contribution in [0.3, 0.4) is 0 Å². The summed E-state index contributed by atoms with van der Waals surface area (Å²) in [4.78, 5) is 29.3. The van der Waals surface area contributed by atoms with Crippen LogP contribution >= 0.6 is 12.2 Å². The van der Waals surface area contributed by atoms with Crippen LogP contribution in [0, 0.1) is 0 Å². The highest BCUT2D eigenvalue weighted by Gasteiger charge is 2.27. The summed E-state index contributed by atoms with van der Waals surface area (Å²) < 4.78 is 7.09. The summed E-state index contributed by atoms with van der Waals surface area (Å²) >= 11 is 5.56. The Kier molecular flexibility index (Phi) is 6.71. The van der Waals surface area contributed by atoms with Crippen LogP contribution in [0.15, 0.2) is 39.9 Å². The van der Waals surface area contributed by atoms with Crippen molar-refractivity contribution in [2.24, 2.45) is 0 Å². The molecule has 9 heteroatoms. The molecule has 4 N–H and O–H groups in total. The number of ether oxygens (including phenoxy) is 1. The van der Waals surface area contributed by atoms with Crippen molar-refractivity contribution in [3.8, 4) is 0 Å². The van der Waals surface area contributed by atoms with E-state index in [1.807, 2.05) is 44.2 Å². The largest absolute Gasteiger partial charge is 0.383 e. The molecule has 1 aliphatic heterocycles. The summed E-state index contributed by atoms with van der Waals surface area (Å²) in [5, 5.41) is 3.53. The molecule has 1 saturated heterocycles. The van der Waals surface area contributed by atoms with Gasteiger partial charge in [0.15, 0.2) is 10.8 Å². The van der Waals surface area contributed by atoms with Gasteiger partial charge in [-0.25, -0.2) is 4.79 Å². The Hall–Kier alpha value is -2.65. The van der Waals surface area contributed by atoms with Gasteiger partial charge in [0.2, 0.25) is 0 Å². The van der Waals surface area contributed by atoms with Gasteiger partial charge < -0.3 is 20.7 Å². The highest BCUT2D eigenvalue weighted by Crippen LogP contribution is 2.22. The van der Waals surface area contributed by atoms with E-state index in [0.717, 1.165) is 18.4 Å². The zero-order chi connectivity index (χ0) is 21.0. The van der Waals surface area contributed by atoms with Gasteiger partial charge in [0.1, 0.15) is 5.82 Å². The van der Waals surface area contributed by atoms with Gasteiger partial charge in [0.05, 0.1) is 19.2 Å². The van der Waals surface area contributed by atoms with Gasteiger partial charge >= 0.3 is 5.69 Å². The molecule has 0 amide bonds. The molecule has 1 fully saturated rings. The smallest absolute Gasteiger partial charge is 0.330 e. The Morgan fingerprint density at radius 2 is 2.10 bits per heavy atom. The van der Waals surface area contributed by atoms with E-state index in [1.54, 1.807) is 4.90 Å². The molecule has 0 aliphatic carbocycles. The summed E-state index contributed by atoms with van der Waals surface area (Å²) in [5.74, 6) is 0.0773. The minimum Gasteiger partial charge on any atom is -0.383 e. The van der Waals surface area contributed by atoms with Crippen molar-refractivity contribution in [1.29, 1.82) is 0 Å². The fourth-order valence-electron chi connectivity index (χ4n) is 3.35. The molecule has 156 valence electrons. The van der Waals surface area contributed by atoms with Crippen LogP contribution in [0.4, 0.5) is 11.5 Å². The second kappa shape index (κ2) is 9.23. The van der Waals surface area contributed by atoms with Crippen LogP contribution in [0.25, 0.3) is 0 Å². The number of hydrogen-bond acceptors (Lipinski definition) is 5. The highest BCUT2D eigenvalue weighted by atomic mass is 32.1. The van der Waals surface area contributed by atoms with Crippen LogP contribution < -0.4 is 27.2 Å². The predicted molar refractivity (Wildman–Crippen MR) is 118 cm³/mol. The van der Waals surface area contributed by atoms with Crippen LogP contribution in [0.1, 0.15) is 32.3 Å². The van der Waals surface area contributed by atoms with E-state index in [0.29, 0.717) is 18.3 Å². The Labute approximate surface area is 174 Å². The molecule has 0 unspecified atom stereocenters. The first-order valence-corrected chi connectivity index (χ1v) is 10.1. The fraction of sp³-hybridized carbons (Fsp3) is 0.450. The third-order valence-electron chi connectivity index (χ3n) is 4.74. The maximum atomic E-state index is 12.8. The maximum Gasteiger partial charge on any atom is 0.330 e. The van der Waals surface area contributed by atoms with Gasteiger partial charge in [0, 0.05) is 12.6 Å². The first kappa shape index (κ1) is 21.1. The third-order valence-corrected chi connectivity index (χ3v) is 5.07. The van der Waals surface area contributed by atoms with Crippen molar-refractivity contribution < 1.29 is 4.74 Å². The Bertz CT molecular complexity index is 964. The van der Waals surface area contributed by atoms with Crippen LogP contribution in [0.2, 0.25) is 0 Å². The Morgan fingerprint density at radius 3 is 2.72 bits per heavy atom. The van der Waals surface area contributed by atoms with E-state index in [2.05, 4.69) is 10.3 Å². The first-order valence-electron chi connectivity index (χ1n) is 9.73. The standard InChI is InChI=1S/C20H27N5O3S/c1-13(2)22-20(29)24(12-15-9-6-10-28-15)16-17(21)25(19(27)23-18(16)26)11-14-7-4-3-5-8-14/h3-5,7-8,13,15H,6,9-12,21H2,1-2H3,(H,22,29)(H,23,26,27)/t15-/m0/s1. The quantitative estimate of drug-likeness (QED) is 0.611. The highest BCUT2D eigenvalue weighted by molar-refractivity contribution is 7.80. The van der Waals surface area contributed by atoms with Crippen molar-refractivity contribution in [3.05, 3.63) is 56.7 Å². The first-order chi connectivity index (χ1) is 13.9. The van der Waals surface area contributed by atoms with E-state index >= 15 is 0 Å². The molecule has 3 rings (SSSR count). The van der Waals surface area contributed by atoms with E-state index in [4.69, 9.17) is 22.7 Å². The molecule has 1 aromatic carbocycles. The van der Waals surface area contributed by atoms with Gasteiger partial charge in [-0.05, 0) is 44.5 Å². The number of rotatable bonds is 6. The Balaban J connectivity index is 2.03. The van der Waals surface area contributed by atoms with E-state index < -0.39 is 11.2 Å². The molecule has 0 radical (unpaired) electrons. The lowest BCUT2D eigenvalue weighted by Gasteiger charge is -2.30. The van der Waals surface area contributed by atoms with Crippen molar-refractivity contribution in [3.63, 3.8) is 0 Å². The minimum absolute atomic E-state index is 0.0600. The molecule has 8 nitrogen and oxygen atoms in total. The lowest BCUT2D eigenvalue weighted by atomic mass is 10.2. The van der Waals surface area contributed by atoms with Crippen LogP contribution in [-0.2, 0) is 11.3 Å². The van der Waals surface area contributed by atoms with E-state index in [9.17, 15) is 9.59 Å². The molecular formula is C20H27N5O3S. The van der Waals surface area contributed by atoms with E-state index in [-0.39, 0.29) is 30.2 Å². The molecule has 2 aromatic rings. The zero-order valence-corrected chi connectivity index (χ0v) is 17.5. The number of nitrogens with zero attached hydrogens (tertiary/aromatic N) is 2. The zero-order valence-electron chi connectivity index (χ0n) is 16.7. The number of nitrogen functional groups attached to an aromatic ring is 1. The van der Waals surface area contributed by atoms with Crippen molar-refractivity contribution >= 4 is 28.8 Å². The average Bonchev–Trinajstić information content (AvgIpc) is 3.17. The number of hydrogen-bond donors (Lipinski definition) is 3. The molecule has 1 aliphatic rings. The van der Waals surface area contributed by atoms with Gasteiger partial charge in [-0.1, -0.05) is 30.3 Å². The molecular weight excluding hydrogens is 390 g/mol. The SMILES string of the molecule is CC(C)NC(=S)N(C[C@@H]1CCCO1)c1c(N)n(Cc2ccccc2)c(=O)[nH]c1=O. The van der Waals surface area contributed by atoms with Crippen molar-refractivity contribution in [1.82, 2.24) is 14.9 Å². The molecule has 1 aromatic heterocycles. The van der Waals surface area contributed by atoms with Gasteiger partial charge in [0.25, 0.3) is 5.56 Å². The number of nitrogens with two attached hydrogens (primary N) is 1. The monoisotopic (exact) mass is 417 g/mol. The average molecular weight is 418 g/mol. The molecule has 1 atom stereocenters. The lowest BCUT2D eigenvalue weighted by Crippen LogP contribution is -2.49.